The number of hydrogen-bond donors (Lipinski definition) is 1. The normalized spacial score (nSPS) is 29.0. The van der Waals surface area contributed by atoms with Crippen molar-refractivity contribution in [1.82, 2.24) is 4.90 Å². The van der Waals surface area contributed by atoms with Crippen LogP contribution in [-0.2, 0) is 19.7 Å². The topological polar surface area (TPSA) is 58.6 Å². The van der Waals surface area contributed by atoms with E-state index in [1.807, 2.05) is 49.4 Å². The van der Waals surface area contributed by atoms with E-state index >= 15 is 0 Å². The van der Waals surface area contributed by atoms with Crippen LogP contribution >= 0.6 is 23.2 Å². The summed E-state index contributed by atoms with van der Waals surface area (Å²) in [6.07, 6.45) is -0.846. The molecule has 7 heteroatoms. The van der Waals surface area contributed by atoms with Crippen LogP contribution in [0, 0.1) is 0 Å². The number of anilines is 1. The Morgan fingerprint density at radius 3 is 2.66 bits per heavy atom. The van der Waals surface area contributed by atoms with Gasteiger partial charge < -0.3 is 15.0 Å². The lowest BCUT2D eigenvalue weighted by Crippen LogP contribution is -2.54. The van der Waals surface area contributed by atoms with Gasteiger partial charge in [0.2, 0.25) is 11.8 Å². The number of carbonyl (C=O) groups is 2. The van der Waals surface area contributed by atoms with Crippen LogP contribution in [0.5, 0.6) is 0 Å². The smallest absolute Gasteiger partial charge is 0.243 e. The SMILES string of the molecule is CCN1CC(c2cccc(Cl)c2)C2(C(=O)Nc3ccccc32)C(OC)C(Cl)C1=O. The molecule has 0 aromatic heterocycles. The van der Waals surface area contributed by atoms with Gasteiger partial charge in [0.15, 0.2) is 0 Å². The van der Waals surface area contributed by atoms with Crippen LogP contribution in [0.15, 0.2) is 48.5 Å². The number of likely N-dealkylation sites (N-methyl/N-ethyl adjacent to an activating group) is 1. The van der Waals surface area contributed by atoms with Crippen molar-refractivity contribution in [2.45, 2.75) is 29.7 Å². The van der Waals surface area contributed by atoms with E-state index in [1.54, 1.807) is 11.0 Å². The third-order valence-electron chi connectivity index (χ3n) is 6.10. The molecule has 2 heterocycles. The van der Waals surface area contributed by atoms with E-state index in [4.69, 9.17) is 27.9 Å². The molecule has 0 bridgehead atoms. The predicted octanol–water partition coefficient (Wildman–Crippen LogP) is 3.80. The molecule has 152 valence electrons. The minimum Gasteiger partial charge on any atom is -0.378 e. The second-order valence-corrected chi connectivity index (χ2v) is 8.32. The summed E-state index contributed by atoms with van der Waals surface area (Å²) in [5.74, 6) is -0.837. The highest BCUT2D eigenvalue weighted by Crippen LogP contribution is 2.53. The van der Waals surface area contributed by atoms with Gasteiger partial charge in [0.25, 0.3) is 0 Å². The number of halogens is 2. The second-order valence-electron chi connectivity index (χ2n) is 7.41. The number of amides is 2. The number of methoxy groups -OCH3 is 1. The average molecular weight is 433 g/mol. The molecule has 4 unspecified atom stereocenters. The fourth-order valence-corrected chi connectivity index (χ4v) is 5.44. The van der Waals surface area contributed by atoms with E-state index in [2.05, 4.69) is 5.32 Å². The fourth-order valence-electron chi connectivity index (χ4n) is 4.80. The van der Waals surface area contributed by atoms with Crippen LogP contribution in [0.3, 0.4) is 0 Å². The van der Waals surface area contributed by atoms with Crippen molar-refractivity contribution < 1.29 is 14.3 Å². The first-order chi connectivity index (χ1) is 13.9. The van der Waals surface area contributed by atoms with Gasteiger partial charge in [-0.25, -0.2) is 0 Å². The first kappa shape index (κ1) is 20.2. The molecule has 1 N–H and O–H groups in total. The van der Waals surface area contributed by atoms with E-state index in [1.165, 1.54) is 7.11 Å². The summed E-state index contributed by atoms with van der Waals surface area (Å²) in [7, 11) is 1.50. The lowest BCUT2D eigenvalue weighted by atomic mass is 9.64. The Morgan fingerprint density at radius 1 is 1.21 bits per heavy atom. The van der Waals surface area contributed by atoms with Crippen molar-refractivity contribution in [3.05, 3.63) is 64.7 Å². The molecular weight excluding hydrogens is 411 g/mol. The van der Waals surface area contributed by atoms with Crippen molar-refractivity contribution in [2.75, 3.05) is 25.5 Å². The lowest BCUT2D eigenvalue weighted by Gasteiger charge is -2.40. The summed E-state index contributed by atoms with van der Waals surface area (Å²) in [5, 5.41) is 2.56. The molecule has 1 saturated heterocycles. The first-order valence-electron chi connectivity index (χ1n) is 9.57. The lowest BCUT2D eigenvalue weighted by molar-refractivity contribution is -0.133. The van der Waals surface area contributed by atoms with Crippen molar-refractivity contribution >= 4 is 40.7 Å². The third-order valence-corrected chi connectivity index (χ3v) is 6.75. The van der Waals surface area contributed by atoms with Gasteiger partial charge >= 0.3 is 0 Å². The summed E-state index contributed by atoms with van der Waals surface area (Å²) in [6, 6.07) is 15.0. The van der Waals surface area contributed by atoms with E-state index in [0.29, 0.717) is 23.8 Å². The molecule has 2 amide bonds. The molecule has 29 heavy (non-hydrogen) atoms. The zero-order chi connectivity index (χ0) is 20.8. The number of rotatable bonds is 3. The van der Waals surface area contributed by atoms with Gasteiger partial charge in [0.05, 0.1) is 0 Å². The Hall–Kier alpha value is -2.08. The maximum atomic E-state index is 13.6. The Balaban J connectivity index is 2.04. The van der Waals surface area contributed by atoms with E-state index in [0.717, 1.165) is 11.1 Å². The summed E-state index contributed by atoms with van der Waals surface area (Å²) in [6.45, 7) is 2.72. The molecule has 1 spiro atoms. The maximum absolute atomic E-state index is 13.6. The Kier molecular flexibility index (Phi) is 5.32. The van der Waals surface area contributed by atoms with E-state index in [9.17, 15) is 9.59 Å². The molecule has 1 fully saturated rings. The fraction of sp³-hybridized carbons (Fsp3) is 0.364. The van der Waals surface area contributed by atoms with Gasteiger partial charge in [0.1, 0.15) is 16.9 Å². The summed E-state index contributed by atoms with van der Waals surface area (Å²) in [4.78, 5) is 28.4. The van der Waals surface area contributed by atoms with Gasteiger partial charge in [-0.1, -0.05) is 41.9 Å². The Labute approximate surface area is 179 Å². The van der Waals surface area contributed by atoms with Gasteiger partial charge in [-0.2, -0.15) is 0 Å². The highest BCUT2D eigenvalue weighted by molar-refractivity contribution is 6.32. The standard InChI is InChI=1S/C22H22Cl2N2O3/c1-3-26-12-16(13-7-6-8-14(23)11-13)22(19(29-2)18(24)20(26)27)15-9-4-5-10-17(15)25-21(22)28/h4-11,16,18-19H,3,12H2,1-2H3,(H,25,28). The molecular formula is C22H22Cl2N2O3. The minimum absolute atomic E-state index is 0.216. The van der Waals surface area contributed by atoms with Crippen molar-refractivity contribution in [3.63, 3.8) is 0 Å². The molecule has 4 atom stereocenters. The second kappa shape index (κ2) is 7.63. The number of carbonyl (C=O) groups excluding carboxylic acids is 2. The highest BCUT2D eigenvalue weighted by atomic mass is 35.5. The van der Waals surface area contributed by atoms with Crippen LogP contribution < -0.4 is 5.32 Å². The Morgan fingerprint density at radius 2 is 1.97 bits per heavy atom. The molecule has 4 rings (SSSR count). The molecule has 2 aromatic rings. The van der Waals surface area contributed by atoms with E-state index < -0.39 is 16.9 Å². The van der Waals surface area contributed by atoms with Crippen molar-refractivity contribution in [3.8, 4) is 0 Å². The van der Waals surface area contributed by atoms with Crippen LogP contribution in [0.1, 0.15) is 24.0 Å². The summed E-state index contributed by atoms with van der Waals surface area (Å²) < 4.78 is 5.82. The molecule has 2 aromatic carbocycles. The highest BCUT2D eigenvalue weighted by Gasteiger charge is 2.63. The summed E-state index contributed by atoms with van der Waals surface area (Å²) >= 11 is 13.0. The molecule has 0 aliphatic carbocycles. The number of hydrogen-bond acceptors (Lipinski definition) is 3. The molecule has 0 saturated carbocycles. The number of nitrogens with one attached hydrogen (secondary N) is 1. The minimum atomic E-state index is -1.16. The number of benzene rings is 2. The average Bonchev–Trinajstić information content (AvgIpc) is 2.96. The number of para-hydroxylation sites is 1. The molecule has 2 aliphatic rings. The monoisotopic (exact) mass is 432 g/mol. The van der Waals surface area contributed by atoms with Gasteiger partial charge in [-0.3, -0.25) is 9.59 Å². The van der Waals surface area contributed by atoms with Gasteiger partial charge in [-0.15, -0.1) is 11.6 Å². The van der Waals surface area contributed by atoms with Gasteiger partial charge in [-0.05, 0) is 36.2 Å². The zero-order valence-corrected chi connectivity index (χ0v) is 17.7. The van der Waals surface area contributed by atoms with Crippen LogP contribution in [-0.4, -0.2) is 48.4 Å². The molecule has 5 nitrogen and oxygen atoms in total. The maximum Gasteiger partial charge on any atom is 0.243 e. The first-order valence-corrected chi connectivity index (χ1v) is 10.4. The largest absolute Gasteiger partial charge is 0.378 e. The zero-order valence-electron chi connectivity index (χ0n) is 16.2. The quantitative estimate of drug-likeness (QED) is 0.750. The Bertz CT molecular complexity index is 967. The molecule has 0 radical (unpaired) electrons. The molecule has 2 aliphatic heterocycles. The van der Waals surface area contributed by atoms with Crippen molar-refractivity contribution in [2.24, 2.45) is 0 Å². The number of likely N-dealkylation sites (tertiary alicyclic amines) is 1. The van der Waals surface area contributed by atoms with Crippen molar-refractivity contribution in [1.29, 1.82) is 0 Å². The number of alkyl halides is 1. The van der Waals surface area contributed by atoms with Crippen LogP contribution in [0.4, 0.5) is 5.69 Å². The van der Waals surface area contributed by atoms with E-state index in [-0.39, 0.29) is 17.7 Å². The predicted molar refractivity (Wildman–Crippen MR) is 114 cm³/mol. The van der Waals surface area contributed by atoms with Gasteiger partial charge in [0, 0.05) is 36.8 Å². The van der Waals surface area contributed by atoms with Crippen LogP contribution in [0.25, 0.3) is 0 Å². The number of fused-ring (bicyclic) bond motifs is 2. The third kappa shape index (κ3) is 2.95. The number of ether oxygens (including phenoxy) is 1. The van der Waals surface area contributed by atoms with Crippen LogP contribution in [0.2, 0.25) is 5.02 Å². The summed E-state index contributed by atoms with van der Waals surface area (Å²) in [5.41, 5.74) is 1.21. The number of nitrogens with zero attached hydrogens (tertiary/aromatic N) is 1.